The van der Waals surface area contributed by atoms with Crippen LogP contribution in [0.5, 0.6) is 0 Å². The highest BCUT2D eigenvalue weighted by Gasteiger charge is 2.35. The van der Waals surface area contributed by atoms with E-state index in [-0.39, 0.29) is 17.9 Å². The minimum atomic E-state index is -0.188. The van der Waals surface area contributed by atoms with Gasteiger partial charge in [0.15, 0.2) is 0 Å². The predicted molar refractivity (Wildman–Crippen MR) is 51.7 cm³/mol. The number of ether oxygens (including phenoxy) is 1. The van der Waals surface area contributed by atoms with Gasteiger partial charge in [0.25, 0.3) is 0 Å². The molecule has 0 aromatic rings. The molecule has 0 radical (unpaired) electrons. The highest BCUT2D eigenvalue weighted by atomic mass is 16.5. The van der Waals surface area contributed by atoms with E-state index in [1.807, 2.05) is 0 Å². The fourth-order valence-electron chi connectivity index (χ4n) is 2.25. The first kappa shape index (κ1) is 9.89. The lowest BCUT2D eigenvalue weighted by atomic mass is 10.0. The van der Waals surface area contributed by atoms with E-state index in [4.69, 9.17) is 10.5 Å². The molecular formula is C9H17N3O2. The van der Waals surface area contributed by atoms with Gasteiger partial charge in [0.05, 0.1) is 19.1 Å². The van der Waals surface area contributed by atoms with Crippen LogP contribution in [0.15, 0.2) is 0 Å². The monoisotopic (exact) mass is 199 g/mol. The minimum absolute atomic E-state index is 0.0342. The van der Waals surface area contributed by atoms with Gasteiger partial charge in [-0.05, 0) is 0 Å². The van der Waals surface area contributed by atoms with Crippen LogP contribution in [0.25, 0.3) is 0 Å². The maximum absolute atomic E-state index is 11.2. The third kappa shape index (κ3) is 1.89. The summed E-state index contributed by atoms with van der Waals surface area (Å²) < 4.78 is 5.28. The van der Waals surface area contributed by atoms with Crippen LogP contribution in [0.1, 0.15) is 0 Å². The predicted octanol–water partition coefficient (Wildman–Crippen LogP) is -1.61. The molecule has 2 heterocycles. The molecule has 0 spiro atoms. The van der Waals surface area contributed by atoms with Crippen molar-refractivity contribution >= 4 is 5.91 Å². The molecule has 5 heteroatoms. The number of nitrogens with one attached hydrogen (secondary N) is 1. The van der Waals surface area contributed by atoms with Gasteiger partial charge in [-0.1, -0.05) is 0 Å². The van der Waals surface area contributed by atoms with Crippen molar-refractivity contribution in [3.8, 4) is 0 Å². The number of morpholine rings is 1. The summed E-state index contributed by atoms with van der Waals surface area (Å²) in [5.41, 5.74) is 5.36. The number of hydrogen-bond acceptors (Lipinski definition) is 4. The van der Waals surface area contributed by atoms with Crippen LogP contribution in [0.3, 0.4) is 0 Å². The van der Waals surface area contributed by atoms with E-state index in [1.165, 1.54) is 0 Å². The smallest absolute Gasteiger partial charge is 0.223 e. The van der Waals surface area contributed by atoms with Crippen LogP contribution in [0.4, 0.5) is 0 Å². The maximum Gasteiger partial charge on any atom is 0.223 e. The lowest BCUT2D eigenvalue weighted by molar-refractivity contribution is -0.123. The SMILES string of the molecule is NC(=O)C1CNCC1N1CCOCC1. The van der Waals surface area contributed by atoms with Gasteiger partial charge in [0, 0.05) is 32.2 Å². The van der Waals surface area contributed by atoms with E-state index < -0.39 is 0 Å². The summed E-state index contributed by atoms with van der Waals surface area (Å²) in [5.74, 6) is -0.223. The van der Waals surface area contributed by atoms with Gasteiger partial charge in [-0.2, -0.15) is 0 Å². The van der Waals surface area contributed by atoms with Crippen LogP contribution in [0, 0.1) is 5.92 Å². The Kier molecular flexibility index (Phi) is 3.00. The zero-order valence-corrected chi connectivity index (χ0v) is 8.24. The van der Waals surface area contributed by atoms with Gasteiger partial charge in [-0.25, -0.2) is 0 Å². The number of carbonyl (C=O) groups is 1. The van der Waals surface area contributed by atoms with Gasteiger partial charge in [0.1, 0.15) is 0 Å². The van der Waals surface area contributed by atoms with Crippen molar-refractivity contribution in [3.05, 3.63) is 0 Å². The molecule has 0 aliphatic carbocycles. The fraction of sp³-hybridized carbons (Fsp3) is 0.889. The van der Waals surface area contributed by atoms with Gasteiger partial charge in [-0.3, -0.25) is 9.69 Å². The van der Waals surface area contributed by atoms with Crippen LogP contribution in [-0.2, 0) is 9.53 Å². The van der Waals surface area contributed by atoms with E-state index in [9.17, 15) is 4.79 Å². The molecule has 2 aliphatic rings. The molecule has 2 unspecified atom stereocenters. The molecule has 0 saturated carbocycles. The average Bonchev–Trinajstić information content (AvgIpc) is 2.67. The maximum atomic E-state index is 11.2. The summed E-state index contributed by atoms with van der Waals surface area (Å²) in [6, 6.07) is 0.274. The number of carbonyl (C=O) groups excluding carboxylic acids is 1. The Bertz CT molecular complexity index is 216. The second-order valence-corrected chi connectivity index (χ2v) is 3.88. The highest BCUT2D eigenvalue weighted by Crippen LogP contribution is 2.16. The molecule has 80 valence electrons. The van der Waals surface area contributed by atoms with Crippen LogP contribution in [0.2, 0.25) is 0 Å². The van der Waals surface area contributed by atoms with Gasteiger partial charge in [-0.15, -0.1) is 0 Å². The summed E-state index contributed by atoms with van der Waals surface area (Å²) in [6.45, 7) is 4.95. The Morgan fingerprint density at radius 3 is 2.71 bits per heavy atom. The molecule has 14 heavy (non-hydrogen) atoms. The minimum Gasteiger partial charge on any atom is -0.379 e. The Morgan fingerprint density at radius 2 is 2.07 bits per heavy atom. The number of hydrogen-bond donors (Lipinski definition) is 2. The van der Waals surface area contributed by atoms with Crippen molar-refractivity contribution in [3.63, 3.8) is 0 Å². The molecule has 2 rings (SSSR count). The largest absolute Gasteiger partial charge is 0.379 e. The molecule has 0 bridgehead atoms. The van der Waals surface area contributed by atoms with E-state index in [2.05, 4.69) is 10.2 Å². The van der Waals surface area contributed by atoms with Crippen LogP contribution >= 0.6 is 0 Å². The Morgan fingerprint density at radius 1 is 1.36 bits per heavy atom. The summed E-state index contributed by atoms with van der Waals surface area (Å²) in [6.07, 6.45) is 0. The third-order valence-electron chi connectivity index (χ3n) is 3.06. The number of nitrogens with two attached hydrogens (primary N) is 1. The van der Waals surface area contributed by atoms with Crippen molar-refractivity contribution in [2.75, 3.05) is 39.4 Å². The lowest BCUT2D eigenvalue weighted by Crippen LogP contribution is -2.49. The lowest BCUT2D eigenvalue weighted by Gasteiger charge is -2.33. The normalized spacial score (nSPS) is 34.6. The zero-order valence-electron chi connectivity index (χ0n) is 8.24. The van der Waals surface area contributed by atoms with Crippen molar-refractivity contribution in [1.29, 1.82) is 0 Å². The fourth-order valence-corrected chi connectivity index (χ4v) is 2.25. The Hall–Kier alpha value is -0.650. The van der Waals surface area contributed by atoms with Crippen molar-refractivity contribution in [2.45, 2.75) is 6.04 Å². The quantitative estimate of drug-likeness (QED) is 0.561. The second kappa shape index (κ2) is 4.25. The first-order chi connectivity index (χ1) is 6.79. The number of rotatable bonds is 2. The summed E-state index contributed by atoms with van der Waals surface area (Å²) in [5, 5.41) is 3.22. The number of amides is 1. The molecule has 2 fully saturated rings. The summed E-state index contributed by atoms with van der Waals surface area (Å²) in [7, 11) is 0. The Labute approximate surface area is 83.6 Å². The molecular weight excluding hydrogens is 182 g/mol. The van der Waals surface area contributed by atoms with Gasteiger partial charge in [0.2, 0.25) is 5.91 Å². The molecule has 2 atom stereocenters. The average molecular weight is 199 g/mol. The first-order valence-electron chi connectivity index (χ1n) is 5.11. The molecule has 2 aliphatic heterocycles. The van der Waals surface area contributed by atoms with Crippen molar-refractivity contribution in [2.24, 2.45) is 11.7 Å². The molecule has 0 aromatic carbocycles. The van der Waals surface area contributed by atoms with Crippen molar-refractivity contribution in [1.82, 2.24) is 10.2 Å². The standard InChI is InChI=1S/C9H17N3O2/c10-9(13)7-5-11-6-8(7)12-1-3-14-4-2-12/h7-8,11H,1-6H2,(H2,10,13). The Balaban J connectivity index is 1.97. The van der Waals surface area contributed by atoms with E-state index in [1.54, 1.807) is 0 Å². The third-order valence-corrected chi connectivity index (χ3v) is 3.06. The molecule has 1 amide bonds. The molecule has 0 aromatic heterocycles. The number of nitrogens with zero attached hydrogens (tertiary/aromatic N) is 1. The van der Waals surface area contributed by atoms with Crippen LogP contribution < -0.4 is 11.1 Å². The molecule has 3 N–H and O–H groups in total. The van der Waals surface area contributed by atoms with E-state index in [0.717, 1.165) is 39.4 Å². The zero-order chi connectivity index (χ0) is 9.97. The number of primary amides is 1. The first-order valence-corrected chi connectivity index (χ1v) is 5.11. The summed E-state index contributed by atoms with van der Waals surface area (Å²) in [4.78, 5) is 13.5. The summed E-state index contributed by atoms with van der Waals surface area (Å²) >= 11 is 0. The van der Waals surface area contributed by atoms with Crippen molar-refractivity contribution < 1.29 is 9.53 Å². The van der Waals surface area contributed by atoms with E-state index >= 15 is 0 Å². The highest BCUT2D eigenvalue weighted by molar-refractivity contribution is 5.78. The van der Waals surface area contributed by atoms with Gasteiger partial charge >= 0.3 is 0 Å². The van der Waals surface area contributed by atoms with E-state index in [0.29, 0.717) is 0 Å². The molecule has 5 nitrogen and oxygen atoms in total. The van der Waals surface area contributed by atoms with Crippen LogP contribution in [-0.4, -0.2) is 56.2 Å². The topological polar surface area (TPSA) is 67.6 Å². The second-order valence-electron chi connectivity index (χ2n) is 3.88. The van der Waals surface area contributed by atoms with Gasteiger partial charge < -0.3 is 15.8 Å². The molecule has 2 saturated heterocycles.